The summed E-state index contributed by atoms with van der Waals surface area (Å²) in [6.45, 7) is 1.23. The normalized spacial score (nSPS) is 18.9. The van der Waals surface area contributed by atoms with Crippen LogP contribution in [0.1, 0.15) is 31.2 Å². The molecule has 4 rings (SSSR count). The Morgan fingerprint density at radius 2 is 1.82 bits per heavy atom. The van der Waals surface area contributed by atoms with Crippen LogP contribution in [0, 0.1) is 11.6 Å². The van der Waals surface area contributed by atoms with Crippen molar-refractivity contribution in [2.45, 2.75) is 38.3 Å². The molecule has 5 nitrogen and oxygen atoms in total. The fraction of sp³-hybridized carbons (Fsp3) is 0.400. The van der Waals surface area contributed by atoms with Crippen molar-refractivity contribution >= 4 is 21.6 Å². The Hall–Kier alpha value is -2.03. The number of rotatable bonds is 7. The van der Waals surface area contributed by atoms with Crippen LogP contribution in [0.15, 0.2) is 42.5 Å². The molecule has 8 heteroatoms. The zero-order valence-corrected chi connectivity index (χ0v) is 16.3. The molecule has 2 aliphatic rings. The molecule has 150 valence electrons. The van der Waals surface area contributed by atoms with E-state index >= 15 is 0 Å². The summed E-state index contributed by atoms with van der Waals surface area (Å²) in [5, 5.41) is 3.40. The predicted octanol–water partition coefficient (Wildman–Crippen LogP) is 3.70. The standard InChI is InChI=1S/C20H23F2N3O2S/c21-16-7-10-19-15(13-16)14-24(12-4-3-11-23-17-8-9-17)28(26,27)25(19)20-6-2-1-5-18(20)22/h1-2,5-7,10,13,17,23H,3-4,8-9,11-12,14H2. The van der Waals surface area contributed by atoms with E-state index in [-0.39, 0.29) is 17.9 Å². The van der Waals surface area contributed by atoms with E-state index in [9.17, 15) is 17.2 Å². The van der Waals surface area contributed by atoms with Gasteiger partial charge in [-0.15, -0.1) is 0 Å². The summed E-state index contributed by atoms with van der Waals surface area (Å²) >= 11 is 0. The van der Waals surface area contributed by atoms with E-state index in [1.54, 1.807) is 6.07 Å². The predicted molar refractivity (Wildman–Crippen MR) is 105 cm³/mol. The molecule has 0 saturated heterocycles. The first-order valence-electron chi connectivity index (χ1n) is 9.53. The zero-order valence-electron chi connectivity index (χ0n) is 15.4. The first-order valence-corrected chi connectivity index (χ1v) is 10.9. The van der Waals surface area contributed by atoms with Crippen molar-refractivity contribution in [1.82, 2.24) is 9.62 Å². The Balaban J connectivity index is 1.61. The lowest BCUT2D eigenvalue weighted by molar-refractivity contribution is 0.386. The van der Waals surface area contributed by atoms with E-state index in [1.165, 1.54) is 53.5 Å². The van der Waals surface area contributed by atoms with Crippen LogP contribution in [0.5, 0.6) is 0 Å². The largest absolute Gasteiger partial charge is 0.314 e. The third-order valence-electron chi connectivity index (χ3n) is 5.08. The first-order chi connectivity index (χ1) is 13.5. The van der Waals surface area contributed by atoms with Gasteiger partial charge in [0, 0.05) is 19.1 Å². The molecule has 2 aromatic rings. The first kappa shape index (κ1) is 19.3. The molecule has 0 bridgehead atoms. The van der Waals surface area contributed by atoms with Crippen LogP contribution < -0.4 is 9.62 Å². The van der Waals surface area contributed by atoms with Gasteiger partial charge in [0.2, 0.25) is 0 Å². The molecule has 1 saturated carbocycles. The molecule has 28 heavy (non-hydrogen) atoms. The third-order valence-corrected chi connectivity index (χ3v) is 6.90. The lowest BCUT2D eigenvalue weighted by Crippen LogP contribution is -2.46. The van der Waals surface area contributed by atoms with Gasteiger partial charge < -0.3 is 5.32 Å². The molecule has 1 aliphatic carbocycles. The van der Waals surface area contributed by atoms with E-state index in [0.717, 1.165) is 17.3 Å². The van der Waals surface area contributed by atoms with E-state index in [1.807, 2.05) is 0 Å². The van der Waals surface area contributed by atoms with Gasteiger partial charge in [-0.1, -0.05) is 12.1 Å². The number of nitrogens with one attached hydrogen (secondary N) is 1. The Morgan fingerprint density at radius 3 is 2.57 bits per heavy atom. The Kier molecular flexibility index (Phi) is 5.35. The summed E-state index contributed by atoms with van der Waals surface area (Å²) in [5.41, 5.74) is 0.753. The smallest absolute Gasteiger partial charge is 0.308 e. The topological polar surface area (TPSA) is 52.7 Å². The summed E-state index contributed by atoms with van der Waals surface area (Å²) in [6, 6.07) is 10.3. The molecular formula is C20H23F2N3O2S. The summed E-state index contributed by atoms with van der Waals surface area (Å²) < 4.78 is 57.1. The second kappa shape index (κ2) is 7.77. The lowest BCUT2D eigenvalue weighted by atomic mass is 10.1. The second-order valence-corrected chi connectivity index (χ2v) is 9.04. The summed E-state index contributed by atoms with van der Waals surface area (Å²) in [5.74, 6) is -1.09. The minimum absolute atomic E-state index is 0.0598. The number of unbranched alkanes of at least 4 members (excludes halogenated alkanes) is 1. The van der Waals surface area contributed by atoms with Gasteiger partial charge in [0.15, 0.2) is 0 Å². The van der Waals surface area contributed by atoms with Crippen LogP contribution in [0.2, 0.25) is 0 Å². The number of para-hydroxylation sites is 1. The van der Waals surface area contributed by atoms with Crippen LogP contribution in [-0.4, -0.2) is 31.9 Å². The monoisotopic (exact) mass is 407 g/mol. The highest BCUT2D eigenvalue weighted by atomic mass is 32.2. The molecule has 0 radical (unpaired) electrons. The van der Waals surface area contributed by atoms with Gasteiger partial charge in [-0.2, -0.15) is 12.7 Å². The van der Waals surface area contributed by atoms with Gasteiger partial charge in [0.1, 0.15) is 11.6 Å². The van der Waals surface area contributed by atoms with Crippen LogP contribution in [0.3, 0.4) is 0 Å². The van der Waals surface area contributed by atoms with Crippen molar-refractivity contribution in [1.29, 1.82) is 0 Å². The van der Waals surface area contributed by atoms with Crippen molar-refractivity contribution < 1.29 is 17.2 Å². The molecule has 0 spiro atoms. The van der Waals surface area contributed by atoms with Crippen molar-refractivity contribution in [3.05, 3.63) is 59.7 Å². The van der Waals surface area contributed by atoms with Gasteiger partial charge in [-0.05, 0) is 68.1 Å². The summed E-state index contributed by atoms with van der Waals surface area (Å²) in [4.78, 5) is 0. The minimum Gasteiger partial charge on any atom is -0.314 e. The zero-order chi connectivity index (χ0) is 19.7. The highest BCUT2D eigenvalue weighted by Gasteiger charge is 2.38. The van der Waals surface area contributed by atoms with Crippen LogP contribution in [0.4, 0.5) is 20.2 Å². The average molecular weight is 407 g/mol. The number of hydrogen-bond donors (Lipinski definition) is 1. The van der Waals surface area contributed by atoms with E-state index in [4.69, 9.17) is 0 Å². The summed E-state index contributed by atoms with van der Waals surface area (Å²) in [6.07, 6.45) is 3.94. The van der Waals surface area contributed by atoms with Crippen molar-refractivity contribution in [3.63, 3.8) is 0 Å². The molecule has 0 aromatic heterocycles. The van der Waals surface area contributed by atoms with Gasteiger partial charge >= 0.3 is 10.2 Å². The van der Waals surface area contributed by atoms with Crippen molar-refractivity contribution in [3.8, 4) is 0 Å². The molecular weight excluding hydrogens is 384 g/mol. The number of nitrogens with zero attached hydrogens (tertiary/aromatic N) is 2. The maximum atomic E-state index is 14.4. The number of benzene rings is 2. The van der Waals surface area contributed by atoms with Gasteiger partial charge in [-0.3, -0.25) is 0 Å². The Labute approximate surface area is 164 Å². The highest BCUT2D eigenvalue weighted by molar-refractivity contribution is 7.90. The molecule has 1 aliphatic heterocycles. The Morgan fingerprint density at radius 1 is 1.04 bits per heavy atom. The third kappa shape index (κ3) is 3.90. The Bertz CT molecular complexity index is 964. The molecule has 1 heterocycles. The van der Waals surface area contributed by atoms with Gasteiger partial charge in [0.25, 0.3) is 0 Å². The van der Waals surface area contributed by atoms with Crippen LogP contribution in [0.25, 0.3) is 0 Å². The molecule has 1 fully saturated rings. The summed E-state index contributed by atoms with van der Waals surface area (Å²) in [7, 11) is -3.97. The number of hydrogen-bond acceptors (Lipinski definition) is 3. The molecule has 0 atom stereocenters. The lowest BCUT2D eigenvalue weighted by Gasteiger charge is -2.37. The van der Waals surface area contributed by atoms with Gasteiger partial charge in [-0.25, -0.2) is 13.1 Å². The molecule has 1 N–H and O–H groups in total. The SMILES string of the molecule is O=S1(=O)N(CCCCNC2CC2)Cc2cc(F)ccc2N1c1ccccc1F. The molecule has 0 unspecified atom stereocenters. The van der Waals surface area contributed by atoms with Gasteiger partial charge in [0.05, 0.1) is 11.4 Å². The van der Waals surface area contributed by atoms with E-state index in [2.05, 4.69) is 5.32 Å². The molecule has 2 aromatic carbocycles. The quantitative estimate of drug-likeness (QED) is 0.712. The second-order valence-electron chi connectivity index (χ2n) is 7.27. The molecule has 0 amide bonds. The maximum Gasteiger partial charge on any atom is 0.308 e. The van der Waals surface area contributed by atoms with Crippen molar-refractivity contribution in [2.75, 3.05) is 17.4 Å². The van der Waals surface area contributed by atoms with Crippen LogP contribution in [-0.2, 0) is 16.8 Å². The fourth-order valence-electron chi connectivity index (χ4n) is 3.46. The minimum atomic E-state index is -3.97. The average Bonchev–Trinajstić information content (AvgIpc) is 3.47. The number of halogens is 2. The van der Waals surface area contributed by atoms with E-state index in [0.29, 0.717) is 24.6 Å². The fourth-order valence-corrected chi connectivity index (χ4v) is 5.18. The van der Waals surface area contributed by atoms with Crippen molar-refractivity contribution in [2.24, 2.45) is 0 Å². The maximum absolute atomic E-state index is 14.4. The number of fused-ring (bicyclic) bond motifs is 1. The van der Waals surface area contributed by atoms with Crippen LogP contribution >= 0.6 is 0 Å². The highest BCUT2D eigenvalue weighted by Crippen LogP contribution is 2.39. The number of anilines is 2. The van der Waals surface area contributed by atoms with E-state index < -0.39 is 21.8 Å².